The first kappa shape index (κ1) is 24.7. The fourth-order valence-electron chi connectivity index (χ4n) is 3.10. The van der Waals surface area contributed by atoms with Gasteiger partial charge in [0, 0.05) is 24.5 Å². The monoisotopic (exact) mass is 444 g/mol. The minimum Gasteiger partial charge on any atom is -0.494 e. The number of unbranched alkanes of at least 4 members (excludes halogenated alkanes) is 1. The van der Waals surface area contributed by atoms with Crippen LogP contribution in [0.3, 0.4) is 0 Å². The van der Waals surface area contributed by atoms with Crippen LogP contribution in [0.4, 0.5) is 0 Å². The Hall–Kier alpha value is -2.53. The van der Waals surface area contributed by atoms with E-state index in [4.69, 9.17) is 16.3 Å². The van der Waals surface area contributed by atoms with Crippen molar-refractivity contribution in [3.05, 3.63) is 64.7 Å². The van der Waals surface area contributed by atoms with Crippen molar-refractivity contribution in [3.8, 4) is 5.75 Å². The van der Waals surface area contributed by atoms with Gasteiger partial charge in [0.2, 0.25) is 11.8 Å². The molecule has 5 nitrogen and oxygen atoms in total. The quantitative estimate of drug-likeness (QED) is 0.461. The largest absolute Gasteiger partial charge is 0.494 e. The number of aryl methyl sites for hydroxylation is 1. The molecule has 2 amide bonds. The molecule has 0 aromatic heterocycles. The van der Waals surface area contributed by atoms with Crippen molar-refractivity contribution < 1.29 is 14.3 Å². The molecule has 0 radical (unpaired) electrons. The predicted octanol–water partition coefficient (Wildman–Crippen LogP) is 5.14. The van der Waals surface area contributed by atoms with Crippen LogP contribution in [0.1, 0.15) is 50.7 Å². The summed E-state index contributed by atoms with van der Waals surface area (Å²) in [5.74, 6) is 0.543. The third-order valence-corrected chi connectivity index (χ3v) is 5.34. The van der Waals surface area contributed by atoms with Crippen LogP contribution in [0.2, 0.25) is 5.02 Å². The molecule has 31 heavy (non-hydrogen) atoms. The molecule has 0 heterocycles. The van der Waals surface area contributed by atoms with Crippen molar-refractivity contribution in [1.82, 2.24) is 10.2 Å². The lowest BCUT2D eigenvalue weighted by molar-refractivity contribution is -0.140. The van der Waals surface area contributed by atoms with Crippen molar-refractivity contribution in [2.24, 2.45) is 0 Å². The number of rotatable bonds is 12. The molecule has 168 valence electrons. The number of nitrogens with zero attached hydrogens (tertiary/aromatic N) is 1. The number of hydrogen-bond acceptors (Lipinski definition) is 3. The van der Waals surface area contributed by atoms with Crippen LogP contribution in [0, 0.1) is 6.92 Å². The zero-order valence-corrected chi connectivity index (χ0v) is 19.5. The number of carbonyl (C=O) groups excluding carboxylic acids is 2. The smallest absolute Gasteiger partial charge is 0.242 e. The Morgan fingerprint density at radius 2 is 1.74 bits per heavy atom. The molecule has 0 saturated heterocycles. The minimum absolute atomic E-state index is 0.0570. The molecule has 0 bridgehead atoms. The first-order valence-corrected chi connectivity index (χ1v) is 11.3. The summed E-state index contributed by atoms with van der Waals surface area (Å²) in [6, 6.07) is 14.6. The zero-order chi connectivity index (χ0) is 22.6. The summed E-state index contributed by atoms with van der Waals surface area (Å²) in [6.07, 6.45) is 2.81. The van der Waals surface area contributed by atoms with Gasteiger partial charge in [-0.05, 0) is 56.5 Å². The molecule has 0 aliphatic carbocycles. The van der Waals surface area contributed by atoms with Crippen molar-refractivity contribution in [2.75, 3.05) is 13.2 Å². The van der Waals surface area contributed by atoms with Gasteiger partial charge < -0.3 is 15.0 Å². The summed E-state index contributed by atoms with van der Waals surface area (Å²) < 4.78 is 5.69. The number of halogens is 1. The van der Waals surface area contributed by atoms with Gasteiger partial charge in [-0.15, -0.1) is 0 Å². The van der Waals surface area contributed by atoms with Crippen molar-refractivity contribution in [3.63, 3.8) is 0 Å². The molecular formula is C25H33ClN2O3. The van der Waals surface area contributed by atoms with Gasteiger partial charge in [0.05, 0.1) is 6.61 Å². The number of hydrogen-bond donors (Lipinski definition) is 1. The van der Waals surface area contributed by atoms with Crippen LogP contribution < -0.4 is 10.1 Å². The van der Waals surface area contributed by atoms with Gasteiger partial charge in [-0.25, -0.2) is 0 Å². The van der Waals surface area contributed by atoms with E-state index in [0.29, 0.717) is 37.6 Å². The van der Waals surface area contributed by atoms with Gasteiger partial charge in [0.1, 0.15) is 11.8 Å². The lowest BCUT2D eigenvalue weighted by atomic mass is 10.1. The topological polar surface area (TPSA) is 58.6 Å². The van der Waals surface area contributed by atoms with Crippen molar-refractivity contribution in [1.29, 1.82) is 0 Å². The van der Waals surface area contributed by atoms with Gasteiger partial charge in [0.25, 0.3) is 0 Å². The van der Waals surface area contributed by atoms with E-state index in [1.165, 1.54) is 0 Å². The Labute approximate surface area is 190 Å². The molecule has 0 saturated carbocycles. The molecule has 2 aromatic rings. The van der Waals surface area contributed by atoms with E-state index in [2.05, 4.69) is 12.2 Å². The van der Waals surface area contributed by atoms with E-state index in [1.54, 1.807) is 36.1 Å². The van der Waals surface area contributed by atoms with Gasteiger partial charge in [-0.1, -0.05) is 54.8 Å². The first-order chi connectivity index (χ1) is 14.9. The van der Waals surface area contributed by atoms with Crippen LogP contribution in [0.5, 0.6) is 5.75 Å². The molecule has 0 aliphatic heterocycles. The molecule has 2 rings (SSSR count). The lowest BCUT2D eigenvalue weighted by Crippen LogP contribution is -2.47. The molecule has 2 aromatic carbocycles. The lowest BCUT2D eigenvalue weighted by Gasteiger charge is -2.29. The van der Waals surface area contributed by atoms with E-state index >= 15 is 0 Å². The van der Waals surface area contributed by atoms with E-state index < -0.39 is 6.04 Å². The van der Waals surface area contributed by atoms with Crippen molar-refractivity contribution >= 4 is 23.4 Å². The van der Waals surface area contributed by atoms with Crippen LogP contribution in [0.25, 0.3) is 0 Å². The SMILES string of the molecule is CCCCNC(=O)C(C)N(Cc1ccc(C)cc1)C(=O)CCCOc1ccc(Cl)cc1. The number of amides is 2. The number of nitrogens with one attached hydrogen (secondary N) is 1. The average molecular weight is 445 g/mol. The van der Waals surface area contributed by atoms with Gasteiger partial charge >= 0.3 is 0 Å². The molecule has 0 fully saturated rings. The fraction of sp³-hybridized carbons (Fsp3) is 0.440. The van der Waals surface area contributed by atoms with E-state index in [1.807, 2.05) is 31.2 Å². The van der Waals surface area contributed by atoms with E-state index in [9.17, 15) is 9.59 Å². The first-order valence-electron chi connectivity index (χ1n) is 10.9. The summed E-state index contributed by atoms with van der Waals surface area (Å²) in [5, 5.41) is 3.59. The maximum Gasteiger partial charge on any atom is 0.242 e. The van der Waals surface area contributed by atoms with E-state index in [-0.39, 0.29) is 11.8 Å². The Kier molecular flexibility index (Phi) is 10.4. The van der Waals surface area contributed by atoms with Crippen LogP contribution in [0.15, 0.2) is 48.5 Å². The standard InChI is InChI=1S/C25H33ClN2O3/c1-4-5-16-27-25(30)20(3)28(18-21-10-8-19(2)9-11-21)24(29)7-6-17-31-23-14-12-22(26)13-15-23/h8-15,20H,4-7,16-18H2,1-3H3,(H,27,30). The van der Waals surface area contributed by atoms with Gasteiger partial charge in [-0.2, -0.15) is 0 Å². The summed E-state index contributed by atoms with van der Waals surface area (Å²) in [7, 11) is 0. The highest BCUT2D eigenvalue weighted by atomic mass is 35.5. The molecule has 6 heteroatoms. The molecule has 0 aliphatic rings. The Morgan fingerprint density at radius 1 is 1.06 bits per heavy atom. The second-order valence-corrected chi connectivity index (χ2v) is 8.17. The predicted molar refractivity (Wildman–Crippen MR) is 125 cm³/mol. The van der Waals surface area contributed by atoms with Crippen LogP contribution >= 0.6 is 11.6 Å². The summed E-state index contributed by atoms with van der Waals surface area (Å²) >= 11 is 5.88. The highest BCUT2D eigenvalue weighted by molar-refractivity contribution is 6.30. The minimum atomic E-state index is -0.539. The van der Waals surface area contributed by atoms with Crippen LogP contribution in [-0.4, -0.2) is 35.9 Å². The van der Waals surface area contributed by atoms with Gasteiger partial charge in [-0.3, -0.25) is 9.59 Å². The average Bonchev–Trinajstić information content (AvgIpc) is 2.77. The highest BCUT2D eigenvalue weighted by Gasteiger charge is 2.25. The molecule has 1 N–H and O–H groups in total. The van der Waals surface area contributed by atoms with Gasteiger partial charge in [0.15, 0.2) is 0 Å². The maximum atomic E-state index is 13.0. The number of benzene rings is 2. The Morgan fingerprint density at radius 3 is 2.39 bits per heavy atom. The zero-order valence-electron chi connectivity index (χ0n) is 18.7. The van der Waals surface area contributed by atoms with Crippen LogP contribution in [-0.2, 0) is 16.1 Å². The van der Waals surface area contributed by atoms with E-state index in [0.717, 1.165) is 29.7 Å². The molecular weight excluding hydrogens is 412 g/mol. The van der Waals surface area contributed by atoms with Crippen molar-refractivity contribution in [2.45, 2.75) is 59.0 Å². The third kappa shape index (κ3) is 8.62. The summed E-state index contributed by atoms with van der Waals surface area (Å²) in [4.78, 5) is 27.3. The molecule has 1 unspecified atom stereocenters. The molecule has 1 atom stereocenters. The summed E-state index contributed by atoms with van der Waals surface area (Å²) in [5.41, 5.74) is 2.16. The maximum absolute atomic E-state index is 13.0. The fourth-order valence-corrected chi connectivity index (χ4v) is 3.22. The number of ether oxygens (including phenoxy) is 1. The highest BCUT2D eigenvalue weighted by Crippen LogP contribution is 2.17. The number of carbonyl (C=O) groups is 2. The Bertz CT molecular complexity index is 822. The third-order valence-electron chi connectivity index (χ3n) is 5.09. The molecule has 0 spiro atoms. The summed E-state index contributed by atoms with van der Waals surface area (Å²) in [6.45, 7) is 7.34. The normalized spacial score (nSPS) is 11.6. The Balaban J connectivity index is 1.96. The second kappa shape index (κ2) is 13.0. The second-order valence-electron chi connectivity index (χ2n) is 7.73.